The van der Waals surface area contributed by atoms with Crippen LogP contribution in [0, 0.1) is 10.8 Å². The van der Waals surface area contributed by atoms with Crippen LogP contribution >= 0.6 is 0 Å². The molecule has 0 aliphatic carbocycles. The molecule has 0 bridgehead atoms. The van der Waals surface area contributed by atoms with E-state index >= 15 is 0 Å². The molecule has 5 rings (SSSR count). The van der Waals surface area contributed by atoms with E-state index in [1.807, 2.05) is 36.2 Å². The van der Waals surface area contributed by atoms with Crippen molar-refractivity contribution in [2.75, 3.05) is 33.4 Å². The van der Waals surface area contributed by atoms with Gasteiger partial charge in [-0.2, -0.15) is 0 Å². The fraction of sp³-hybridized carbons (Fsp3) is 0.517. The van der Waals surface area contributed by atoms with Gasteiger partial charge in [-0.1, -0.05) is 60.7 Å². The summed E-state index contributed by atoms with van der Waals surface area (Å²) in [6, 6.07) is 21.0. The molecule has 3 saturated heterocycles. The molecule has 2 aromatic carbocycles. The number of amides is 2. The van der Waals surface area contributed by atoms with Gasteiger partial charge in [-0.3, -0.25) is 9.59 Å². The molecule has 0 saturated carbocycles. The van der Waals surface area contributed by atoms with Crippen LogP contribution in [0.3, 0.4) is 0 Å². The van der Waals surface area contributed by atoms with E-state index in [2.05, 4.69) is 41.3 Å². The van der Waals surface area contributed by atoms with Crippen molar-refractivity contribution in [3.05, 3.63) is 71.8 Å². The molecular weight excluding hydrogens is 424 g/mol. The minimum atomic E-state index is -0.392. The third-order valence-corrected chi connectivity index (χ3v) is 8.56. The molecule has 3 aliphatic heterocycles. The van der Waals surface area contributed by atoms with Crippen LogP contribution < -0.4 is 0 Å². The first-order chi connectivity index (χ1) is 16.5. The summed E-state index contributed by atoms with van der Waals surface area (Å²) in [6.45, 7) is 2.63. The fourth-order valence-electron chi connectivity index (χ4n) is 6.42. The van der Waals surface area contributed by atoms with Crippen LogP contribution in [0.25, 0.3) is 0 Å². The fourth-order valence-corrected chi connectivity index (χ4v) is 6.42. The van der Waals surface area contributed by atoms with Gasteiger partial charge >= 0.3 is 0 Å². The molecule has 0 N–H and O–H groups in total. The second kappa shape index (κ2) is 9.53. The summed E-state index contributed by atoms with van der Waals surface area (Å²) >= 11 is 0. The number of hydrogen-bond acceptors (Lipinski definition) is 3. The Labute approximate surface area is 203 Å². The second-order valence-corrected chi connectivity index (χ2v) is 10.6. The van der Waals surface area contributed by atoms with Gasteiger partial charge < -0.3 is 14.5 Å². The van der Waals surface area contributed by atoms with Gasteiger partial charge in [0, 0.05) is 39.4 Å². The molecule has 1 spiro atoms. The molecule has 3 fully saturated rings. The summed E-state index contributed by atoms with van der Waals surface area (Å²) in [5, 5.41) is 0. The smallest absolute Gasteiger partial charge is 0.229 e. The van der Waals surface area contributed by atoms with Crippen LogP contribution in [0.1, 0.15) is 43.2 Å². The first kappa shape index (κ1) is 23.1. The van der Waals surface area contributed by atoms with Gasteiger partial charge in [0.05, 0.1) is 10.8 Å². The molecule has 2 amide bonds. The monoisotopic (exact) mass is 460 g/mol. The molecule has 0 unspecified atom stereocenters. The van der Waals surface area contributed by atoms with Crippen molar-refractivity contribution >= 4 is 11.8 Å². The summed E-state index contributed by atoms with van der Waals surface area (Å²) in [4.78, 5) is 31.3. The molecule has 0 aromatic heterocycles. The van der Waals surface area contributed by atoms with Gasteiger partial charge in [0.1, 0.15) is 0 Å². The maximum Gasteiger partial charge on any atom is 0.229 e. The zero-order valence-electron chi connectivity index (χ0n) is 20.2. The Hall–Kier alpha value is -2.66. The number of nitrogens with zero attached hydrogens (tertiary/aromatic N) is 2. The van der Waals surface area contributed by atoms with Crippen molar-refractivity contribution in [3.8, 4) is 0 Å². The molecule has 34 heavy (non-hydrogen) atoms. The molecule has 5 heteroatoms. The Balaban J connectivity index is 1.27. The highest BCUT2D eigenvalue weighted by atomic mass is 16.5. The molecule has 0 radical (unpaired) electrons. The standard InChI is InChI=1S/C29H36N2O3/c1-30-25(20-23-8-4-2-5-9-23)22-28(26(30)32)12-16-31(17-13-28)27(33)29(14-18-34-19-15-29)21-24-10-6-3-7-11-24/h2-11,25H,12-22H2,1H3/t25-/m1/s1. The Morgan fingerprint density at radius 2 is 1.50 bits per heavy atom. The molecule has 3 aliphatic rings. The second-order valence-electron chi connectivity index (χ2n) is 10.6. The lowest BCUT2D eigenvalue weighted by Crippen LogP contribution is -2.53. The van der Waals surface area contributed by atoms with Crippen LogP contribution in [-0.2, 0) is 27.2 Å². The summed E-state index contributed by atoms with van der Waals surface area (Å²) in [5.41, 5.74) is 1.78. The molecule has 3 heterocycles. The number of rotatable bonds is 5. The first-order valence-electron chi connectivity index (χ1n) is 12.7. The Morgan fingerprint density at radius 1 is 0.912 bits per heavy atom. The molecule has 1 atom stereocenters. The number of ether oxygens (including phenoxy) is 1. The highest BCUT2D eigenvalue weighted by Gasteiger charge is 2.53. The largest absolute Gasteiger partial charge is 0.381 e. The van der Waals surface area contributed by atoms with E-state index in [-0.39, 0.29) is 23.3 Å². The van der Waals surface area contributed by atoms with Crippen molar-refractivity contribution in [2.45, 2.75) is 51.0 Å². The first-order valence-corrected chi connectivity index (χ1v) is 12.7. The quantitative estimate of drug-likeness (QED) is 0.675. The van der Waals surface area contributed by atoms with E-state index in [0.29, 0.717) is 26.3 Å². The number of likely N-dealkylation sites (tertiary alicyclic amines) is 2. The van der Waals surface area contributed by atoms with Crippen molar-refractivity contribution in [1.29, 1.82) is 0 Å². The van der Waals surface area contributed by atoms with Crippen molar-refractivity contribution in [1.82, 2.24) is 9.80 Å². The molecular formula is C29H36N2O3. The van der Waals surface area contributed by atoms with Gasteiger partial charge in [0.15, 0.2) is 0 Å². The van der Waals surface area contributed by atoms with Gasteiger partial charge in [-0.05, 0) is 56.1 Å². The molecule has 2 aromatic rings. The third kappa shape index (κ3) is 4.38. The van der Waals surface area contributed by atoms with Crippen molar-refractivity contribution in [3.63, 3.8) is 0 Å². The lowest BCUT2D eigenvalue weighted by atomic mass is 9.72. The SMILES string of the molecule is CN1C(=O)C2(CCN(C(=O)C3(Cc4ccccc4)CCOCC3)CC2)C[C@H]1Cc1ccccc1. The zero-order valence-corrected chi connectivity index (χ0v) is 20.2. The lowest BCUT2D eigenvalue weighted by Gasteiger charge is -2.44. The Kier molecular flexibility index (Phi) is 6.48. The van der Waals surface area contributed by atoms with Gasteiger partial charge in [0.25, 0.3) is 0 Å². The number of piperidine rings is 1. The minimum Gasteiger partial charge on any atom is -0.381 e. The van der Waals surface area contributed by atoms with E-state index in [9.17, 15) is 9.59 Å². The van der Waals surface area contributed by atoms with Crippen molar-refractivity contribution < 1.29 is 14.3 Å². The predicted molar refractivity (Wildman–Crippen MR) is 132 cm³/mol. The predicted octanol–water partition coefficient (Wildman–Crippen LogP) is 4.11. The summed E-state index contributed by atoms with van der Waals surface area (Å²) in [6.07, 6.45) is 5.62. The van der Waals surface area contributed by atoms with Crippen LogP contribution in [0.5, 0.6) is 0 Å². The number of hydrogen-bond donors (Lipinski definition) is 0. The zero-order chi connectivity index (χ0) is 23.6. The normalized spacial score (nSPS) is 23.9. The van der Waals surface area contributed by atoms with Crippen LogP contribution in [-0.4, -0.2) is 61.0 Å². The summed E-state index contributed by atoms with van der Waals surface area (Å²) < 4.78 is 5.64. The highest BCUT2D eigenvalue weighted by Crippen LogP contribution is 2.46. The summed E-state index contributed by atoms with van der Waals surface area (Å²) in [5.74, 6) is 0.528. The average Bonchev–Trinajstić information content (AvgIpc) is 3.10. The molecule has 5 nitrogen and oxygen atoms in total. The van der Waals surface area contributed by atoms with Gasteiger partial charge in [-0.15, -0.1) is 0 Å². The van der Waals surface area contributed by atoms with E-state index < -0.39 is 5.41 Å². The number of benzene rings is 2. The van der Waals surface area contributed by atoms with Crippen LogP contribution in [0.2, 0.25) is 0 Å². The van der Waals surface area contributed by atoms with E-state index in [1.165, 1.54) is 11.1 Å². The number of carbonyl (C=O) groups is 2. The van der Waals surface area contributed by atoms with E-state index in [1.54, 1.807) is 0 Å². The maximum atomic E-state index is 13.9. The average molecular weight is 461 g/mol. The summed E-state index contributed by atoms with van der Waals surface area (Å²) in [7, 11) is 1.96. The Morgan fingerprint density at radius 3 is 2.12 bits per heavy atom. The molecule has 180 valence electrons. The number of likely N-dealkylation sites (N-methyl/N-ethyl adjacent to an activating group) is 1. The van der Waals surface area contributed by atoms with Crippen molar-refractivity contribution in [2.24, 2.45) is 10.8 Å². The van der Waals surface area contributed by atoms with Crippen LogP contribution in [0.4, 0.5) is 0 Å². The van der Waals surface area contributed by atoms with Crippen LogP contribution in [0.15, 0.2) is 60.7 Å². The number of carbonyl (C=O) groups excluding carboxylic acids is 2. The van der Waals surface area contributed by atoms with E-state index in [0.717, 1.165) is 44.9 Å². The van der Waals surface area contributed by atoms with Gasteiger partial charge in [-0.25, -0.2) is 0 Å². The van der Waals surface area contributed by atoms with E-state index in [4.69, 9.17) is 4.74 Å². The Bertz CT molecular complexity index is 993. The maximum absolute atomic E-state index is 13.9. The minimum absolute atomic E-state index is 0.233. The lowest BCUT2D eigenvalue weighted by molar-refractivity contribution is -0.152. The third-order valence-electron chi connectivity index (χ3n) is 8.56. The van der Waals surface area contributed by atoms with Gasteiger partial charge in [0.2, 0.25) is 11.8 Å². The topological polar surface area (TPSA) is 49.9 Å². The highest BCUT2D eigenvalue weighted by molar-refractivity contribution is 5.87.